The molecule has 0 aromatic carbocycles. The van der Waals surface area contributed by atoms with E-state index in [0.717, 1.165) is 25.3 Å². The molecule has 0 bridgehead atoms. The summed E-state index contributed by atoms with van der Waals surface area (Å²) >= 11 is 0. The standard InChI is InChI=1S/C17H30N4O3/c1-5-20-8-7-18-16(20)15-14(6-12-24-15)17(22)21(11-13-23-4)10-9-19(2)3/h7-8,14-15H,5-6,9-13H2,1-4H3/t14-,15-/m1/s1. The van der Waals surface area contributed by atoms with Crippen LogP contribution in [0.25, 0.3) is 0 Å². The van der Waals surface area contributed by atoms with Gasteiger partial charge in [-0.3, -0.25) is 4.79 Å². The average Bonchev–Trinajstić information content (AvgIpc) is 3.22. The van der Waals surface area contributed by atoms with Crippen LogP contribution in [0.2, 0.25) is 0 Å². The first-order chi connectivity index (χ1) is 11.6. The van der Waals surface area contributed by atoms with Crippen molar-refractivity contribution in [1.29, 1.82) is 0 Å². The number of rotatable bonds is 9. The first-order valence-electron chi connectivity index (χ1n) is 8.63. The van der Waals surface area contributed by atoms with Crippen molar-refractivity contribution in [3.05, 3.63) is 18.2 Å². The Labute approximate surface area is 144 Å². The number of carbonyl (C=O) groups excluding carboxylic acids is 1. The number of aromatic nitrogens is 2. The van der Waals surface area contributed by atoms with E-state index in [1.807, 2.05) is 25.2 Å². The van der Waals surface area contributed by atoms with Crippen LogP contribution in [0, 0.1) is 5.92 Å². The first-order valence-corrected chi connectivity index (χ1v) is 8.63. The molecular weight excluding hydrogens is 308 g/mol. The third kappa shape index (κ3) is 4.55. The van der Waals surface area contributed by atoms with Crippen molar-refractivity contribution < 1.29 is 14.3 Å². The van der Waals surface area contributed by atoms with Gasteiger partial charge in [-0.1, -0.05) is 0 Å². The molecule has 2 rings (SSSR count). The zero-order valence-electron chi connectivity index (χ0n) is 15.3. The molecule has 24 heavy (non-hydrogen) atoms. The lowest BCUT2D eigenvalue weighted by Gasteiger charge is -2.28. The van der Waals surface area contributed by atoms with Crippen LogP contribution in [-0.2, 0) is 20.8 Å². The van der Waals surface area contributed by atoms with Crippen molar-refractivity contribution in [2.45, 2.75) is 26.0 Å². The van der Waals surface area contributed by atoms with Crippen LogP contribution in [0.3, 0.4) is 0 Å². The highest BCUT2D eigenvalue weighted by atomic mass is 16.5. The van der Waals surface area contributed by atoms with E-state index < -0.39 is 0 Å². The summed E-state index contributed by atoms with van der Waals surface area (Å²) in [6, 6.07) is 0. The zero-order valence-corrected chi connectivity index (χ0v) is 15.3. The Bertz CT molecular complexity index is 518. The van der Waals surface area contributed by atoms with E-state index in [0.29, 0.717) is 26.3 Å². The lowest BCUT2D eigenvalue weighted by molar-refractivity contribution is -0.138. The predicted octanol–water partition coefficient (Wildman–Crippen LogP) is 1.02. The molecule has 1 aromatic heterocycles. The number of imidazole rings is 1. The Morgan fingerprint density at radius 1 is 1.42 bits per heavy atom. The van der Waals surface area contributed by atoms with Crippen LogP contribution in [0.4, 0.5) is 0 Å². The summed E-state index contributed by atoms with van der Waals surface area (Å²) in [5.74, 6) is 0.825. The fourth-order valence-electron chi connectivity index (χ4n) is 3.03. The SMILES string of the molecule is CCn1ccnc1[C@@H]1OCC[C@H]1C(=O)N(CCOC)CCN(C)C. The van der Waals surface area contributed by atoms with E-state index in [1.54, 1.807) is 13.3 Å². The number of likely N-dealkylation sites (N-methyl/N-ethyl adjacent to an activating group) is 1. The molecule has 2 atom stereocenters. The van der Waals surface area contributed by atoms with E-state index >= 15 is 0 Å². The minimum Gasteiger partial charge on any atom is -0.383 e. The maximum absolute atomic E-state index is 13.1. The van der Waals surface area contributed by atoms with Gasteiger partial charge in [0.15, 0.2) is 0 Å². The maximum Gasteiger partial charge on any atom is 0.229 e. The highest BCUT2D eigenvalue weighted by Gasteiger charge is 2.39. The van der Waals surface area contributed by atoms with E-state index in [-0.39, 0.29) is 17.9 Å². The molecule has 1 aromatic rings. The molecule has 0 unspecified atom stereocenters. The molecule has 1 aliphatic heterocycles. The van der Waals surface area contributed by atoms with Gasteiger partial charge in [-0.15, -0.1) is 0 Å². The van der Waals surface area contributed by atoms with Gasteiger partial charge in [0.25, 0.3) is 0 Å². The summed E-state index contributed by atoms with van der Waals surface area (Å²) in [4.78, 5) is 21.5. The van der Waals surface area contributed by atoms with Crippen LogP contribution in [0.15, 0.2) is 12.4 Å². The summed E-state index contributed by atoms with van der Waals surface area (Å²) in [7, 11) is 5.69. The minimum absolute atomic E-state index is 0.141. The number of ether oxygens (including phenoxy) is 2. The normalized spacial score (nSPS) is 20.7. The van der Waals surface area contributed by atoms with Crippen LogP contribution in [0.5, 0.6) is 0 Å². The second-order valence-electron chi connectivity index (χ2n) is 6.38. The van der Waals surface area contributed by atoms with Gasteiger partial charge >= 0.3 is 0 Å². The van der Waals surface area contributed by atoms with Crippen molar-refractivity contribution in [3.8, 4) is 0 Å². The fourth-order valence-corrected chi connectivity index (χ4v) is 3.03. The van der Waals surface area contributed by atoms with Crippen molar-refractivity contribution in [1.82, 2.24) is 19.4 Å². The summed E-state index contributed by atoms with van der Waals surface area (Å²) in [6.07, 6.45) is 4.20. The van der Waals surface area contributed by atoms with Crippen molar-refractivity contribution in [2.24, 2.45) is 5.92 Å². The van der Waals surface area contributed by atoms with Crippen LogP contribution in [0.1, 0.15) is 25.3 Å². The lowest BCUT2D eigenvalue weighted by Crippen LogP contribution is -2.42. The van der Waals surface area contributed by atoms with Gasteiger partial charge in [-0.2, -0.15) is 0 Å². The highest BCUT2D eigenvalue weighted by Crippen LogP contribution is 2.35. The van der Waals surface area contributed by atoms with E-state index in [4.69, 9.17) is 9.47 Å². The molecule has 7 nitrogen and oxygen atoms in total. The highest BCUT2D eigenvalue weighted by molar-refractivity contribution is 5.79. The van der Waals surface area contributed by atoms with E-state index in [9.17, 15) is 4.79 Å². The second kappa shape index (κ2) is 9.15. The van der Waals surface area contributed by atoms with Crippen molar-refractivity contribution >= 4 is 5.91 Å². The molecule has 136 valence electrons. The molecule has 0 spiro atoms. The molecule has 0 aliphatic carbocycles. The quantitative estimate of drug-likeness (QED) is 0.673. The number of hydrogen-bond donors (Lipinski definition) is 0. The Morgan fingerprint density at radius 3 is 2.88 bits per heavy atom. The predicted molar refractivity (Wildman–Crippen MR) is 91.7 cm³/mol. The molecule has 1 amide bonds. The smallest absolute Gasteiger partial charge is 0.229 e. The summed E-state index contributed by atoms with van der Waals surface area (Å²) in [5, 5.41) is 0. The molecule has 1 fully saturated rings. The number of aryl methyl sites for hydroxylation is 1. The number of methoxy groups -OCH3 is 1. The molecule has 1 saturated heterocycles. The van der Waals surface area contributed by atoms with E-state index in [2.05, 4.69) is 21.4 Å². The Balaban J connectivity index is 2.11. The van der Waals surface area contributed by atoms with Crippen LogP contribution >= 0.6 is 0 Å². The third-order valence-electron chi connectivity index (χ3n) is 4.45. The van der Waals surface area contributed by atoms with Gasteiger partial charge in [-0.05, 0) is 27.4 Å². The maximum atomic E-state index is 13.1. The Kier molecular flexibility index (Phi) is 7.20. The Morgan fingerprint density at radius 2 is 2.21 bits per heavy atom. The number of carbonyl (C=O) groups is 1. The summed E-state index contributed by atoms with van der Waals surface area (Å²) < 4.78 is 13.1. The van der Waals surface area contributed by atoms with Gasteiger partial charge in [0.2, 0.25) is 5.91 Å². The topological polar surface area (TPSA) is 59.8 Å². The first kappa shape index (κ1) is 18.9. The zero-order chi connectivity index (χ0) is 17.5. The number of amides is 1. The van der Waals surface area contributed by atoms with Crippen LogP contribution < -0.4 is 0 Å². The molecule has 2 heterocycles. The monoisotopic (exact) mass is 338 g/mol. The molecule has 0 N–H and O–H groups in total. The van der Waals surface area contributed by atoms with Crippen molar-refractivity contribution in [3.63, 3.8) is 0 Å². The lowest BCUT2D eigenvalue weighted by atomic mass is 9.98. The molecular formula is C17H30N4O3. The summed E-state index contributed by atoms with van der Waals surface area (Å²) in [5.41, 5.74) is 0. The van der Waals surface area contributed by atoms with Gasteiger partial charge in [0.05, 0.1) is 12.5 Å². The van der Waals surface area contributed by atoms with Crippen molar-refractivity contribution in [2.75, 3.05) is 54.1 Å². The van der Waals surface area contributed by atoms with Gasteiger partial charge < -0.3 is 23.8 Å². The number of nitrogens with zero attached hydrogens (tertiary/aromatic N) is 4. The third-order valence-corrected chi connectivity index (χ3v) is 4.45. The molecule has 0 radical (unpaired) electrons. The largest absolute Gasteiger partial charge is 0.383 e. The fraction of sp³-hybridized carbons (Fsp3) is 0.765. The minimum atomic E-state index is -0.253. The average molecular weight is 338 g/mol. The van der Waals surface area contributed by atoms with Gasteiger partial charge in [0.1, 0.15) is 11.9 Å². The number of hydrogen-bond acceptors (Lipinski definition) is 5. The molecule has 1 aliphatic rings. The van der Waals surface area contributed by atoms with Gasteiger partial charge in [0, 0.05) is 52.3 Å². The Hall–Kier alpha value is -1.44. The second-order valence-corrected chi connectivity index (χ2v) is 6.38. The molecule has 0 saturated carbocycles. The van der Waals surface area contributed by atoms with Crippen LogP contribution in [-0.4, -0.2) is 79.3 Å². The van der Waals surface area contributed by atoms with E-state index in [1.165, 1.54) is 0 Å². The summed E-state index contributed by atoms with van der Waals surface area (Å²) in [6.45, 7) is 6.17. The van der Waals surface area contributed by atoms with Gasteiger partial charge in [-0.25, -0.2) is 4.98 Å². The molecule has 7 heteroatoms.